The number of ketones is 1. The highest BCUT2D eigenvalue weighted by Crippen LogP contribution is 2.34. The molecule has 3 aromatic rings. The number of ether oxygens (including phenoxy) is 6. The maximum Gasteiger partial charge on any atom is 0.404 e. The minimum Gasteiger partial charge on any atom is -0.462 e. The predicted molar refractivity (Wildman–Crippen MR) is 245 cm³/mol. The van der Waals surface area contributed by atoms with Gasteiger partial charge in [-0.1, -0.05) is 53.7 Å². The van der Waals surface area contributed by atoms with Crippen LogP contribution in [-0.4, -0.2) is 127 Å². The average molecular weight is 944 g/mol. The molecule has 0 saturated carbocycles. The summed E-state index contributed by atoms with van der Waals surface area (Å²) in [6.45, 7) is 11.3. The van der Waals surface area contributed by atoms with E-state index in [1.165, 1.54) is 25.9 Å². The lowest BCUT2D eigenvalue weighted by molar-refractivity contribution is -0.160. The number of aliphatic hydroxyl groups excluding tert-OH is 2. The Labute approximate surface area is 393 Å². The predicted octanol–water partition coefficient (Wildman–Crippen LogP) is 6.99. The van der Waals surface area contributed by atoms with E-state index in [4.69, 9.17) is 47.4 Å². The van der Waals surface area contributed by atoms with Crippen LogP contribution in [0.15, 0.2) is 50.4 Å². The van der Waals surface area contributed by atoms with Crippen LogP contribution in [0, 0.1) is 35.5 Å². The van der Waals surface area contributed by atoms with Crippen molar-refractivity contribution >= 4 is 23.9 Å². The van der Waals surface area contributed by atoms with Crippen molar-refractivity contribution in [2.45, 2.75) is 129 Å². The molecule has 4 rings (SSSR count). The Balaban J connectivity index is 1.60. The highest BCUT2D eigenvalue weighted by Gasteiger charge is 2.36. The third-order valence-electron chi connectivity index (χ3n) is 12.9. The Kier molecular flexibility index (Phi) is 21.7. The number of aromatic nitrogens is 3. The lowest BCUT2D eigenvalue weighted by atomic mass is 9.84. The summed E-state index contributed by atoms with van der Waals surface area (Å²) < 4.78 is 52.5. The van der Waals surface area contributed by atoms with E-state index in [9.17, 15) is 24.6 Å². The van der Waals surface area contributed by atoms with Crippen LogP contribution in [0.25, 0.3) is 29.2 Å². The Morgan fingerprint density at radius 2 is 1.63 bits per heavy atom. The fraction of sp³-hybridized carbons (Fsp3) is 0.667. The molecule has 19 nitrogen and oxygen atoms in total. The Hall–Kier alpha value is -4.92. The number of carbonyl (C=O) groups excluding carboxylic acids is 3. The van der Waals surface area contributed by atoms with Gasteiger partial charge in [-0.3, -0.25) is 9.59 Å². The van der Waals surface area contributed by atoms with Crippen LogP contribution in [0.5, 0.6) is 0 Å². The van der Waals surface area contributed by atoms with E-state index < -0.39 is 66.4 Å². The number of Topliss-reactive ketones (excluding diaryl/α,β-unsaturated/α-hetero) is 1. The van der Waals surface area contributed by atoms with Crippen molar-refractivity contribution in [3.63, 3.8) is 0 Å². The van der Waals surface area contributed by atoms with Gasteiger partial charge in [-0.25, -0.2) is 19.7 Å². The van der Waals surface area contributed by atoms with Gasteiger partial charge in [0.25, 0.3) is 0 Å². The summed E-state index contributed by atoms with van der Waals surface area (Å²) in [5, 5.41) is 20.8. The number of amides is 1. The number of methoxy groups -OCH3 is 4. The summed E-state index contributed by atoms with van der Waals surface area (Å²) in [6, 6.07) is 0. The molecule has 4 N–H and O–H groups in total. The molecule has 1 aliphatic rings. The van der Waals surface area contributed by atoms with Crippen LogP contribution in [0.3, 0.4) is 0 Å². The van der Waals surface area contributed by atoms with Crippen LogP contribution < -0.4 is 5.73 Å². The molecule has 0 radical (unpaired) electrons. The Bertz CT molecular complexity index is 2030. The topological polar surface area (TPSA) is 254 Å². The first-order valence-corrected chi connectivity index (χ1v) is 22.9. The van der Waals surface area contributed by atoms with E-state index in [1.54, 1.807) is 45.6 Å². The van der Waals surface area contributed by atoms with Gasteiger partial charge >= 0.3 is 12.1 Å². The van der Waals surface area contributed by atoms with E-state index in [2.05, 4.69) is 15.0 Å². The van der Waals surface area contributed by atoms with Crippen molar-refractivity contribution < 1.29 is 66.3 Å². The van der Waals surface area contributed by atoms with Gasteiger partial charge in [-0.2, -0.15) is 0 Å². The van der Waals surface area contributed by atoms with E-state index in [-0.39, 0.29) is 86.1 Å². The molecular formula is C48H73N5O14. The van der Waals surface area contributed by atoms with Crippen molar-refractivity contribution in [3.8, 4) is 23.2 Å². The maximum absolute atomic E-state index is 14.0. The number of hydrogen-bond donors (Lipinski definition) is 3. The molecule has 1 amide bonds. The van der Waals surface area contributed by atoms with Crippen LogP contribution in [0.2, 0.25) is 0 Å². The molecule has 13 atom stereocenters. The lowest BCUT2D eigenvalue weighted by Gasteiger charge is -2.34. The standard InChI is InChI=1S/C48H73N5O14/c1-27-19-33(66-48(49)58)21-43(57)67-41(22-40(60-9)28(2)15-16-37(55)30(4)44(61-10)29(3)17-18-53(7)26-54)32(6)39(59-8)13-12-14-42-50-35(24-63-42)46-52-36(25-65-46)47-51-34(23-64-47)45(62-11)31(5)38(56)20-27/h12,14,17-18,23-25,27-33,38-41,44-45,54,56H,13,15-16,19-22,26H2,1-11H3,(H2,49,58). The summed E-state index contributed by atoms with van der Waals surface area (Å²) in [6.07, 6.45) is 7.39. The molecule has 6 bridgehead atoms. The summed E-state index contributed by atoms with van der Waals surface area (Å²) in [4.78, 5) is 54.9. The average Bonchev–Trinajstić information content (AvgIpc) is 4.09. The molecule has 19 heteroatoms. The number of primary amides is 1. The van der Waals surface area contributed by atoms with Gasteiger partial charge in [0.15, 0.2) is 11.4 Å². The highest BCUT2D eigenvalue weighted by molar-refractivity contribution is 5.81. The minimum absolute atomic E-state index is 0.0395. The molecule has 3 aromatic heterocycles. The monoisotopic (exact) mass is 944 g/mol. The Morgan fingerprint density at radius 3 is 2.28 bits per heavy atom. The molecule has 1 aliphatic heterocycles. The molecule has 67 heavy (non-hydrogen) atoms. The molecule has 0 spiro atoms. The van der Waals surface area contributed by atoms with Gasteiger partial charge < -0.3 is 62.5 Å². The molecular weight excluding hydrogens is 871 g/mol. The summed E-state index contributed by atoms with van der Waals surface area (Å²) in [5.41, 5.74) is 6.59. The fourth-order valence-electron chi connectivity index (χ4n) is 8.71. The SMILES string of the molecule is COC(CC1OC(=O)CC(OC(N)=O)CC(C)CC(O)C(C)C(OC)c2coc(n2)-c2coc(n2)-c2coc(n2)C=CCC(OC)C1C)C(C)CCC(=O)C(C)C(OC)C(C)C=CN(C)CO. The van der Waals surface area contributed by atoms with Gasteiger partial charge in [0.1, 0.15) is 55.3 Å². The van der Waals surface area contributed by atoms with Gasteiger partial charge in [0.05, 0.1) is 30.8 Å². The molecule has 0 aromatic carbocycles. The maximum atomic E-state index is 14.0. The van der Waals surface area contributed by atoms with Crippen LogP contribution in [-0.2, 0) is 38.0 Å². The second-order valence-electron chi connectivity index (χ2n) is 18.0. The second kappa shape index (κ2) is 26.6. The number of nitrogens with two attached hydrogens (primary N) is 1. The fourth-order valence-corrected chi connectivity index (χ4v) is 8.71. The number of oxazole rings is 3. The smallest absolute Gasteiger partial charge is 0.404 e. The molecule has 0 fully saturated rings. The van der Waals surface area contributed by atoms with Crippen molar-refractivity contribution in [2.75, 3.05) is 42.2 Å². The van der Waals surface area contributed by atoms with E-state index >= 15 is 0 Å². The minimum atomic E-state index is -1.05. The van der Waals surface area contributed by atoms with Gasteiger partial charge in [-0.05, 0) is 49.8 Å². The number of aliphatic hydroxyl groups is 2. The van der Waals surface area contributed by atoms with E-state index in [1.807, 2.05) is 53.7 Å². The highest BCUT2D eigenvalue weighted by atomic mass is 16.6. The number of cyclic esters (lactones) is 1. The van der Waals surface area contributed by atoms with Crippen molar-refractivity contribution in [3.05, 3.63) is 48.7 Å². The first-order chi connectivity index (χ1) is 31.9. The number of carbonyl (C=O) groups is 3. The van der Waals surface area contributed by atoms with Crippen molar-refractivity contribution in [1.82, 2.24) is 19.9 Å². The molecule has 374 valence electrons. The molecule has 4 heterocycles. The number of esters is 1. The van der Waals surface area contributed by atoms with Crippen molar-refractivity contribution in [2.24, 2.45) is 41.2 Å². The number of hydrogen-bond acceptors (Lipinski definition) is 18. The normalized spacial score (nSPS) is 25.8. The first kappa shape index (κ1) is 54.7. The number of nitrogens with zero attached hydrogens (tertiary/aromatic N) is 4. The molecule has 13 unspecified atom stereocenters. The molecule has 0 saturated heterocycles. The number of fused-ring (bicyclic) bond motifs is 8. The van der Waals surface area contributed by atoms with Gasteiger partial charge in [0.2, 0.25) is 17.7 Å². The summed E-state index contributed by atoms with van der Waals surface area (Å²) >= 11 is 0. The van der Waals surface area contributed by atoms with Crippen molar-refractivity contribution in [1.29, 1.82) is 0 Å². The third kappa shape index (κ3) is 15.8. The quantitative estimate of drug-likeness (QED) is 0.0910. The third-order valence-corrected chi connectivity index (χ3v) is 12.9. The lowest BCUT2D eigenvalue weighted by Crippen LogP contribution is -2.39. The largest absolute Gasteiger partial charge is 0.462 e. The van der Waals surface area contributed by atoms with Crippen LogP contribution in [0.1, 0.15) is 104 Å². The number of rotatable bonds is 17. The van der Waals surface area contributed by atoms with Crippen LogP contribution >= 0.6 is 0 Å². The van der Waals surface area contributed by atoms with Gasteiger partial charge in [-0.15, -0.1) is 0 Å². The second-order valence-corrected chi connectivity index (χ2v) is 18.0. The molecule has 0 aliphatic carbocycles. The summed E-state index contributed by atoms with van der Waals surface area (Å²) in [5.74, 6) is -1.71. The zero-order chi connectivity index (χ0) is 49.4. The zero-order valence-corrected chi connectivity index (χ0v) is 40.9. The first-order valence-electron chi connectivity index (χ1n) is 22.9. The zero-order valence-electron chi connectivity index (χ0n) is 40.9. The van der Waals surface area contributed by atoms with Gasteiger partial charge in [0, 0.05) is 72.0 Å². The summed E-state index contributed by atoms with van der Waals surface area (Å²) in [7, 11) is 8.01. The van der Waals surface area contributed by atoms with Crippen LogP contribution in [0.4, 0.5) is 4.79 Å². The Morgan fingerprint density at radius 1 is 0.940 bits per heavy atom. The van der Waals surface area contributed by atoms with E-state index in [0.29, 0.717) is 29.9 Å². The van der Waals surface area contributed by atoms with E-state index in [0.717, 1.165) is 0 Å².